The Hall–Kier alpha value is -3.00. The SMILES string of the molecule is COc1cc(C(=O)O)c2c(c1C)SC(=O)c1c(C)cc(O)c(C=O)c1O2. The maximum Gasteiger partial charge on any atom is 0.339 e. The molecule has 0 atom stereocenters. The molecular weight excluding hydrogens is 360 g/mol. The smallest absolute Gasteiger partial charge is 0.339 e. The van der Waals surface area contributed by atoms with Crippen LogP contribution in [-0.2, 0) is 0 Å². The number of hydrogen-bond acceptors (Lipinski definition) is 7. The van der Waals surface area contributed by atoms with Gasteiger partial charge in [0, 0.05) is 5.56 Å². The predicted molar refractivity (Wildman–Crippen MR) is 93.2 cm³/mol. The van der Waals surface area contributed by atoms with Gasteiger partial charge in [0.25, 0.3) is 0 Å². The summed E-state index contributed by atoms with van der Waals surface area (Å²) in [5.41, 5.74) is 0.634. The molecule has 7 nitrogen and oxygen atoms in total. The summed E-state index contributed by atoms with van der Waals surface area (Å²) in [7, 11) is 1.39. The summed E-state index contributed by atoms with van der Waals surface area (Å²) < 4.78 is 11.0. The van der Waals surface area contributed by atoms with E-state index >= 15 is 0 Å². The van der Waals surface area contributed by atoms with Gasteiger partial charge in [-0.25, -0.2) is 4.79 Å². The molecule has 1 aliphatic heterocycles. The fraction of sp³-hybridized carbons (Fsp3) is 0.167. The zero-order valence-electron chi connectivity index (χ0n) is 14.1. The highest BCUT2D eigenvalue weighted by molar-refractivity contribution is 8.14. The molecule has 0 saturated heterocycles. The number of rotatable bonds is 3. The summed E-state index contributed by atoms with van der Waals surface area (Å²) in [6, 6.07) is 2.59. The highest BCUT2D eigenvalue weighted by atomic mass is 32.2. The first kappa shape index (κ1) is 17.8. The lowest BCUT2D eigenvalue weighted by Crippen LogP contribution is -2.05. The molecule has 2 aromatic rings. The number of carbonyl (C=O) groups is 3. The van der Waals surface area contributed by atoms with Crippen LogP contribution in [0.25, 0.3) is 0 Å². The Kier molecular flexibility index (Phi) is 4.37. The maximum absolute atomic E-state index is 12.8. The summed E-state index contributed by atoms with van der Waals surface area (Å²) in [4.78, 5) is 36.2. The van der Waals surface area contributed by atoms with Crippen LogP contribution in [0.2, 0.25) is 0 Å². The lowest BCUT2D eigenvalue weighted by molar-refractivity contribution is 0.0693. The van der Waals surface area contributed by atoms with E-state index in [0.29, 0.717) is 28.1 Å². The Bertz CT molecular complexity index is 978. The molecule has 2 aromatic carbocycles. The van der Waals surface area contributed by atoms with E-state index in [9.17, 15) is 24.6 Å². The van der Waals surface area contributed by atoms with Crippen LogP contribution >= 0.6 is 11.8 Å². The molecule has 0 unspecified atom stereocenters. The number of aromatic carboxylic acids is 1. The number of phenols is 1. The Morgan fingerprint density at radius 2 is 1.96 bits per heavy atom. The van der Waals surface area contributed by atoms with Crippen LogP contribution in [0.1, 0.15) is 42.2 Å². The molecule has 0 spiro atoms. The Balaban J connectivity index is 2.40. The minimum atomic E-state index is -1.28. The van der Waals surface area contributed by atoms with Crippen LogP contribution < -0.4 is 9.47 Å². The number of aromatic hydroxyl groups is 1. The molecule has 0 fully saturated rings. The Morgan fingerprint density at radius 3 is 2.54 bits per heavy atom. The average molecular weight is 374 g/mol. The number of carboxylic acids is 1. The van der Waals surface area contributed by atoms with E-state index in [4.69, 9.17) is 9.47 Å². The topological polar surface area (TPSA) is 110 Å². The summed E-state index contributed by atoms with van der Waals surface area (Å²) in [6.07, 6.45) is 0.368. The van der Waals surface area contributed by atoms with Gasteiger partial charge in [-0.05, 0) is 43.3 Å². The Morgan fingerprint density at radius 1 is 1.27 bits per heavy atom. The van der Waals surface area contributed by atoms with Crippen LogP contribution in [0.4, 0.5) is 0 Å². The number of aryl methyl sites for hydroxylation is 1. The van der Waals surface area contributed by atoms with Crippen molar-refractivity contribution in [1.29, 1.82) is 0 Å². The molecule has 1 aliphatic rings. The minimum Gasteiger partial charge on any atom is -0.507 e. The lowest BCUT2D eigenvalue weighted by atomic mass is 10.0. The molecule has 8 heteroatoms. The summed E-state index contributed by atoms with van der Waals surface area (Å²) >= 11 is 0.798. The van der Waals surface area contributed by atoms with Crippen molar-refractivity contribution in [2.75, 3.05) is 7.11 Å². The zero-order valence-corrected chi connectivity index (χ0v) is 14.9. The van der Waals surface area contributed by atoms with Gasteiger partial charge in [0.05, 0.1) is 23.1 Å². The van der Waals surface area contributed by atoms with Gasteiger partial charge in [-0.1, -0.05) is 0 Å². The van der Waals surface area contributed by atoms with Gasteiger partial charge in [-0.15, -0.1) is 0 Å². The second-order valence-corrected chi connectivity index (χ2v) is 6.64. The van der Waals surface area contributed by atoms with Gasteiger partial charge in [0.15, 0.2) is 17.8 Å². The van der Waals surface area contributed by atoms with Gasteiger partial charge in [-0.2, -0.15) is 0 Å². The van der Waals surface area contributed by atoms with Crippen molar-refractivity contribution in [3.05, 3.63) is 39.9 Å². The largest absolute Gasteiger partial charge is 0.507 e. The highest BCUT2D eigenvalue weighted by Crippen LogP contribution is 2.49. The third-order valence-corrected chi connectivity index (χ3v) is 5.19. The summed E-state index contributed by atoms with van der Waals surface area (Å²) in [5.74, 6) is -1.55. The minimum absolute atomic E-state index is 0.0685. The molecule has 0 aromatic heterocycles. The second kappa shape index (κ2) is 6.38. The van der Waals surface area contributed by atoms with Crippen molar-refractivity contribution in [2.45, 2.75) is 18.7 Å². The van der Waals surface area contributed by atoms with E-state index < -0.39 is 11.1 Å². The number of ether oxygens (including phenoxy) is 2. The van der Waals surface area contributed by atoms with Crippen LogP contribution in [-0.4, -0.2) is 34.7 Å². The zero-order chi connectivity index (χ0) is 19.2. The first-order valence-electron chi connectivity index (χ1n) is 7.46. The van der Waals surface area contributed by atoms with Gasteiger partial charge < -0.3 is 19.7 Å². The monoisotopic (exact) mass is 374 g/mol. The number of thioether (sulfide) groups is 1. The Labute approximate surface area is 152 Å². The number of benzene rings is 2. The molecule has 134 valence electrons. The molecule has 1 heterocycles. The number of fused-ring (bicyclic) bond motifs is 2. The molecule has 3 rings (SSSR count). The third kappa shape index (κ3) is 2.59. The molecule has 26 heavy (non-hydrogen) atoms. The molecule has 0 bridgehead atoms. The average Bonchev–Trinajstić information content (AvgIpc) is 2.72. The van der Waals surface area contributed by atoms with E-state index in [1.165, 1.54) is 19.2 Å². The van der Waals surface area contributed by atoms with E-state index in [2.05, 4.69) is 0 Å². The fourth-order valence-corrected chi connectivity index (χ4v) is 3.85. The summed E-state index contributed by atoms with van der Waals surface area (Å²) in [6.45, 7) is 3.27. The lowest BCUT2D eigenvalue weighted by Gasteiger charge is -2.16. The van der Waals surface area contributed by atoms with Crippen LogP contribution in [0.15, 0.2) is 17.0 Å². The predicted octanol–water partition coefficient (Wildman–Crippen LogP) is 3.57. The van der Waals surface area contributed by atoms with Gasteiger partial charge in [-0.3, -0.25) is 9.59 Å². The molecule has 0 saturated carbocycles. The van der Waals surface area contributed by atoms with Crippen molar-refractivity contribution < 1.29 is 34.1 Å². The molecule has 0 amide bonds. The number of carboxylic acid groups (broad SMARTS) is 1. The molecule has 0 radical (unpaired) electrons. The van der Waals surface area contributed by atoms with Gasteiger partial charge >= 0.3 is 5.97 Å². The van der Waals surface area contributed by atoms with Crippen LogP contribution in [0.3, 0.4) is 0 Å². The van der Waals surface area contributed by atoms with Crippen molar-refractivity contribution in [3.63, 3.8) is 0 Å². The summed E-state index contributed by atoms with van der Waals surface area (Å²) in [5, 5.41) is 19.1. The number of phenolic OH excluding ortho intramolecular Hbond substituents is 1. The van der Waals surface area contributed by atoms with E-state index in [0.717, 1.165) is 11.8 Å². The standard InChI is InChI=1S/C18H14O7S/c1-7-4-11(20)10(6-19)14-13(7)18(23)26-16-8(2)12(24-3)5-9(17(21)22)15(16)25-14/h4-6,20H,1-3H3,(H,21,22). The quantitative estimate of drug-likeness (QED) is 0.785. The number of aldehydes is 1. The normalized spacial score (nSPS) is 12.5. The maximum atomic E-state index is 12.8. The van der Waals surface area contributed by atoms with Crippen molar-refractivity contribution in [3.8, 4) is 23.0 Å². The number of hydrogen-bond donors (Lipinski definition) is 2. The number of carbonyl (C=O) groups excluding carboxylic acids is 2. The van der Waals surface area contributed by atoms with Crippen LogP contribution in [0, 0.1) is 13.8 Å². The molecule has 2 N–H and O–H groups in total. The molecular formula is C18H14O7S. The van der Waals surface area contributed by atoms with Crippen molar-refractivity contribution in [2.24, 2.45) is 0 Å². The fourth-order valence-electron chi connectivity index (χ4n) is 2.81. The third-order valence-electron chi connectivity index (χ3n) is 4.10. The van der Waals surface area contributed by atoms with E-state index in [-0.39, 0.29) is 33.9 Å². The first-order chi connectivity index (χ1) is 12.3. The van der Waals surface area contributed by atoms with Gasteiger partial charge in [0.1, 0.15) is 17.1 Å². The molecule has 0 aliphatic carbocycles. The van der Waals surface area contributed by atoms with E-state index in [1.807, 2.05) is 0 Å². The van der Waals surface area contributed by atoms with Crippen molar-refractivity contribution >= 4 is 29.1 Å². The number of methoxy groups -OCH3 is 1. The van der Waals surface area contributed by atoms with E-state index in [1.54, 1.807) is 13.8 Å². The first-order valence-corrected chi connectivity index (χ1v) is 8.28. The van der Waals surface area contributed by atoms with Crippen LogP contribution in [0.5, 0.6) is 23.0 Å². The van der Waals surface area contributed by atoms with Gasteiger partial charge in [0.2, 0.25) is 5.12 Å². The highest BCUT2D eigenvalue weighted by Gasteiger charge is 2.33. The second-order valence-electron chi connectivity index (χ2n) is 5.65. The van der Waals surface area contributed by atoms with Crippen molar-refractivity contribution in [1.82, 2.24) is 0 Å².